The number of carbonyl (C=O) groups excluding carboxylic acids is 3. The van der Waals surface area contributed by atoms with Gasteiger partial charge >= 0.3 is 5.97 Å². The zero-order valence-corrected chi connectivity index (χ0v) is 14.4. The van der Waals surface area contributed by atoms with Gasteiger partial charge in [-0.05, 0) is 24.8 Å². The van der Waals surface area contributed by atoms with Gasteiger partial charge in [0.25, 0.3) is 0 Å². The molecule has 0 aromatic rings. The van der Waals surface area contributed by atoms with E-state index in [2.05, 4.69) is 0 Å². The summed E-state index contributed by atoms with van der Waals surface area (Å²) in [5.41, 5.74) is -0.843. The summed E-state index contributed by atoms with van der Waals surface area (Å²) in [6.07, 6.45) is 0.737. The summed E-state index contributed by atoms with van der Waals surface area (Å²) in [7, 11) is 0. The Kier molecular flexibility index (Phi) is 3.77. The second-order valence-electron chi connectivity index (χ2n) is 7.87. The van der Waals surface area contributed by atoms with E-state index in [-0.39, 0.29) is 11.7 Å². The molecule has 3 aliphatic rings. The molecule has 6 heteroatoms. The number of cyclic esters (lactones) is 1. The average Bonchev–Trinajstić information content (AvgIpc) is 2.48. The SMILES string of the molecule is CC1CCC(=O)C2(C)C3=CC(=O)OC(O)(C(C)C)C3C(=O)C(O)C12. The predicted molar refractivity (Wildman–Crippen MR) is 83.5 cm³/mol. The van der Waals surface area contributed by atoms with Crippen molar-refractivity contribution in [1.29, 1.82) is 0 Å². The standard InChI is InChI=1S/C18H24O6/c1-8(2)18(23)14-10(7-12(20)24-18)17(4)11(19)6-5-9(3)13(17)15(21)16(14)22/h7-9,13-15,21,23H,5-6H2,1-4H3. The van der Waals surface area contributed by atoms with Gasteiger partial charge in [-0.1, -0.05) is 20.8 Å². The molecule has 0 bridgehead atoms. The topological polar surface area (TPSA) is 101 Å². The van der Waals surface area contributed by atoms with Crippen molar-refractivity contribution in [3.63, 3.8) is 0 Å². The van der Waals surface area contributed by atoms with Crippen LogP contribution in [0.25, 0.3) is 0 Å². The zero-order valence-electron chi connectivity index (χ0n) is 14.4. The minimum Gasteiger partial charge on any atom is -0.429 e. The highest BCUT2D eigenvalue weighted by molar-refractivity contribution is 6.01. The fourth-order valence-electron chi connectivity index (χ4n) is 4.82. The maximum atomic E-state index is 12.9. The van der Waals surface area contributed by atoms with Gasteiger partial charge in [-0.15, -0.1) is 0 Å². The van der Waals surface area contributed by atoms with E-state index < -0.39 is 46.8 Å². The lowest BCUT2D eigenvalue weighted by atomic mass is 9.49. The molecule has 132 valence electrons. The molecule has 2 N–H and O–H groups in total. The molecule has 1 aliphatic heterocycles. The lowest BCUT2D eigenvalue weighted by Gasteiger charge is -2.56. The molecule has 6 atom stereocenters. The normalized spacial score (nSPS) is 45.5. The first-order chi connectivity index (χ1) is 11.0. The third-order valence-electron chi connectivity index (χ3n) is 6.29. The molecular formula is C18H24O6. The molecule has 0 saturated heterocycles. The van der Waals surface area contributed by atoms with Crippen LogP contribution in [0.2, 0.25) is 0 Å². The zero-order chi connectivity index (χ0) is 18.0. The molecule has 2 fully saturated rings. The molecule has 0 spiro atoms. The number of carbonyl (C=O) groups is 3. The molecule has 2 saturated carbocycles. The van der Waals surface area contributed by atoms with Crippen LogP contribution in [-0.2, 0) is 19.1 Å². The molecule has 1 heterocycles. The second-order valence-corrected chi connectivity index (χ2v) is 7.87. The van der Waals surface area contributed by atoms with Crippen molar-refractivity contribution < 1.29 is 29.3 Å². The first kappa shape index (κ1) is 17.3. The van der Waals surface area contributed by atoms with E-state index in [4.69, 9.17) is 4.74 Å². The summed E-state index contributed by atoms with van der Waals surface area (Å²) in [5.74, 6) is -5.89. The van der Waals surface area contributed by atoms with Gasteiger partial charge in [0.15, 0.2) is 5.78 Å². The Morgan fingerprint density at radius 3 is 2.50 bits per heavy atom. The molecule has 6 nitrogen and oxygen atoms in total. The highest BCUT2D eigenvalue weighted by Gasteiger charge is 2.66. The number of aliphatic hydroxyl groups is 2. The monoisotopic (exact) mass is 336 g/mol. The summed E-state index contributed by atoms with van der Waals surface area (Å²) < 4.78 is 5.11. The van der Waals surface area contributed by atoms with E-state index in [1.807, 2.05) is 6.92 Å². The Morgan fingerprint density at radius 1 is 1.29 bits per heavy atom. The summed E-state index contributed by atoms with van der Waals surface area (Å²) >= 11 is 0. The van der Waals surface area contributed by atoms with Crippen LogP contribution in [0, 0.1) is 29.1 Å². The summed E-state index contributed by atoms with van der Waals surface area (Å²) in [6.45, 7) is 6.86. The Balaban J connectivity index is 2.25. The highest BCUT2D eigenvalue weighted by Crippen LogP contribution is 2.58. The average molecular weight is 336 g/mol. The van der Waals surface area contributed by atoms with Gasteiger partial charge in [0, 0.05) is 24.3 Å². The second kappa shape index (κ2) is 5.23. The lowest BCUT2D eigenvalue weighted by molar-refractivity contribution is -0.252. The first-order valence-electron chi connectivity index (χ1n) is 8.47. The number of hydrogen-bond acceptors (Lipinski definition) is 6. The summed E-state index contributed by atoms with van der Waals surface area (Å²) in [5, 5.41) is 21.6. The Morgan fingerprint density at radius 2 is 1.92 bits per heavy atom. The van der Waals surface area contributed by atoms with Crippen molar-refractivity contribution >= 4 is 17.5 Å². The number of aliphatic hydroxyl groups excluding tert-OH is 1. The number of rotatable bonds is 1. The van der Waals surface area contributed by atoms with Gasteiger partial charge in [0.05, 0.1) is 5.41 Å². The van der Waals surface area contributed by atoms with Crippen molar-refractivity contribution in [3.05, 3.63) is 11.6 Å². The van der Waals surface area contributed by atoms with Gasteiger partial charge in [-0.25, -0.2) is 4.79 Å². The van der Waals surface area contributed by atoms with Crippen LogP contribution < -0.4 is 0 Å². The highest BCUT2D eigenvalue weighted by atomic mass is 16.7. The van der Waals surface area contributed by atoms with Crippen molar-refractivity contribution in [2.75, 3.05) is 0 Å². The van der Waals surface area contributed by atoms with E-state index in [0.717, 1.165) is 0 Å². The molecule has 0 radical (unpaired) electrons. The maximum absolute atomic E-state index is 12.9. The van der Waals surface area contributed by atoms with Crippen molar-refractivity contribution in [2.24, 2.45) is 29.1 Å². The Labute approximate surface area is 140 Å². The van der Waals surface area contributed by atoms with Crippen molar-refractivity contribution in [3.8, 4) is 0 Å². The third-order valence-corrected chi connectivity index (χ3v) is 6.29. The molecule has 6 unspecified atom stereocenters. The fourth-order valence-corrected chi connectivity index (χ4v) is 4.82. The minimum absolute atomic E-state index is 0.0430. The van der Waals surface area contributed by atoms with Crippen LogP contribution in [0.3, 0.4) is 0 Å². The molecule has 0 aromatic heterocycles. The third kappa shape index (κ3) is 1.99. The predicted octanol–water partition coefficient (Wildman–Crippen LogP) is 0.995. The Bertz CT molecular complexity index is 650. The smallest absolute Gasteiger partial charge is 0.333 e. The van der Waals surface area contributed by atoms with Gasteiger partial charge in [0.2, 0.25) is 5.79 Å². The van der Waals surface area contributed by atoms with Gasteiger partial charge in [0.1, 0.15) is 17.8 Å². The fraction of sp³-hybridized carbons (Fsp3) is 0.722. The van der Waals surface area contributed by atoms with Crippen molar-refractivity contribution in [2.45, 2.75) is 52.4 Å². The van der Waals surface area contributed by atoms with Gasteiger partial charge in [-0.2, -0.15) is 0 Å². The van der Waals surface area contributed by atoms with Crippen LogP contribution >= 0.6 is 0 Å². The van der Waals surface area contributed by atoms with Crippen LogP contribution in [0.5, 0.6) is 0 Å². The molecule has 0 aromatic carbocycles. The number of Topliss-reactive ketones (excluding diaryl/α,β-unsaturated/α-hetero) is 2. The van der Waals surface area contributed by atoms with Gasteiger partial charge in [-0.3, -0.25) is 9.59 Å². The van der Waals surface area contributed by atoms with Crippen LogP contribution in [0.4, 0.5) is 0 Å². The molecule has 2 aliphatic carbocycles. The maximum Gasteiger partial charge on any atom is 0.333 e. The number of ketones is 2. The molecule has 24 heavy (non-hydrogen) atoms. The van der Waals surface area contributed by atoms with Gasteiger partial charge < -0.3 is 14.9 Å². The first-order valence-corrected chi connectivity index (χ1v) is 8.47. The minimum atomic E-state index is -2.05. The van der Waals surface area contributed by atoms with E-state index in [0.29, 0.717) is 18.4 Å². The number of hydrogen-bond donors (Lipinski definition) is 2. The van der Waals surface area contributed by atoms with E-state index in [1.54, 1.807) is 20.8 Å². The Hall–Kier alpha value is -1.53. The summed E-state index contributed by atoms with van der Waals surface area (Å²) in [4.78, 5) is 37.8. The number of ether oxygens (including phenoxy) is 1. The molecular weight excluding hydrogens is 312 g/mol. The summed E-state index contributed by atoms with van der Waals surface area (Å²) in [6, 6.07) is 0. The lowest BCUT2D eigenvalue weighted by Crippen LogP contribution is -2.66. The number of esters is 1. The van der Waals surface area contributed by atoms with E-state index in [1.165, 1.54) is 6.08 Å². The quantitative estimate of drug-likeness (QED) is 0.693. The van der Waals surface area contributed by atoms with E-state index >= 15 is 0 Å². The van der Waals surface area contributed by atoms with Crippen LogP contribution in [-0.4, -0.2) is 39.6 Å². The molecule has 0 amide bonds. The van der Waals surface area contributed by atoms with E-state index in [9.17, 15) is 24.6 Å². The largest absolute Gasteiger partial charge is 0.429 e. The molecule has 3 rings (SSSR count). The van der Waals surface area contributed by atoms with Crippen LogP contribution in [0.1, 0.15) is 40.5 Å². The van der Waals surface area contributed by atoms with Crippen LogP contribution in [0.15, 0.2) is 11.6 Å². The van der Waals surface area contributed by atoms with Crippen molar-refractivity contribution in [1.82, 2.24) is 0 Å². The number of fused-ring (bicyclic) bond motifs is 3.